The zero-order valence-electron chi connectivity index (χ0n) is 10.6. The van der Waals surface area contributed by atoms with Crippen molar-refractivity contribution < 1.29 is 19.4 Å². The third kappa shape index (κ3) is 3.23. The highest BCUT2D eigenvalue weighted by Crippen LogP contribution is 2.30. The lowest BCUT2D eigenvalue weighted by molar-refractivity contribution is 0.0934. The van der Waals surface area contributed by atoms with Gasteiger partial charge in [0.15, 0.2) is 0 Å². The molecule has 104 valence electrons. The van der Waals surface area contributed by atoms with Crippen molar-refractivity contribution >= 4 is 5.91 Å². The van der Waals surface area contributed by atoms with Gasteiger partial charge in [-0.15, -0.1) is 0 Å². The first-order valence-corrected chi connectivity index (χ1v) is 6.49. The molecule has 1 aliphatic rings. The molecule has 0 saturated heterocycles. The minimum atomic E-state index is -0.558. The van der Waals surface area contributed by atoms with Gasteiger partial charge in [0.25, 0.3) is 5.91 Å². The maximum atomic E-state index is 13.0. The number of carbonyl (C=O) groups is 1. The van der Waals surface area contributed by atoms with Crippen LogP contribution in [0.2, 0.25) is 0 Å². The second-order valence-corrected chi connectivity index (χ2v) is 5.01. The minimum Gasteiger partial charge on any atom is -0.507 e. The van der Waals surface area contributed by atoms with Crippen LogP contribution in [0.3, 0.4) is 0 Å². The van der Waals surface area contributed by atoms with Crippen LogP contribution in [-0.2, 0) is 0 Å². The van der Waals surface area contributed by atoms with E-state index in [1.54, 1.807) is 0 Å². The summed E-state index contributed by atoms with van der Waals surface area (Å²) in [6, 6.07) is 3.28. The smallest absolute Gasteiger partial charge is 0.255 e. The van der Waals surface area contributed by atoms with Crippen LogP contribution < -0.4 is 5.32 Å². The molecule has 2 unspecified atom stereocenters. The predicted octanol–water partition coefficient (Wildman–Crippen LogP) is 1.67. The van der Waals surface area contributed by atoms with E-state index in [0.717, 1.165) is 37.5 Å². The number of hydrogen-bond donors (Lipinski definition) is 3. The van der Waals surface area contributed by atoms with Gasteiger partial charge in [-0.1, -0.05) is 6.42 Å². The molecule has 0 spiro atoms. The molecule has 0 radical (unpaired) electrons. The largest absolute Gasteiger partial charge is 0.507 e. The molecule has 2 atom stereocenters. The molecule has 0 aliphatic heterocycles. The molecule has 1 fully saturated rings. The molecule has 1 aromatic carbocycles. The van der Waals surface area contributed by atoms with Gasteiger partial charge in [-0.25, -0.2) is 4.39 Å². The Morgan fingerprint density at radius 3 is 2.84 bits per heavy atom. The third-order valence-corrected chi connectivity index (χ3v) is 3.78. The first-order chi connectivity index (χ1) is 9.11. The van der Waals surface area contributed by atoms with Crippen molar-refractivity contribution in [1.29, 1.82) is 0 Å². The number of aliphatic hydroxyl groups excluding tert-OH is 1. The fourth-order valence-corrected chi connectivity index (χ4v) is 2.63. The summed E-state index contributed by atoms with van der Waals surface area (Å²) in [5.74, 6) is -0.798. The Hall–Kier alpha value is -1.62. The highest BCUT2D eigenvalue weighted by molar-refractivity contribution is 5.96. The molecule has 0 heterocycles. The van der Waals surface area contributed by atoms with Crippen molar-refractivity contribution in [2.24, 2.45) is 11.8 Å². The highest BCUT2D eigenvalue weighted by atomic mass is 19.1. The van der Waals surface area contributed by atoms with E-state index in [-0.39, 0.29) is 29.8 Å². The van der Waals surface area contributed by atoms with Crippen molar-refractivity contribution in [3.63, 3.8) is 0 Å². The summed E-state index contributed by atoms with van der Waals surface area (Å²) in [5, 5.41) is 21.4. The summed E-state index contributed by atoms with van der Waals surface area (Å²) in [6.45, 7) is 0.575. The number of halogens is 1. The van der Waals surface area contributed by atoms with Crippen molar-refractivity contribution in [2.75, 3.05) is 13.2 Å². The summed E-state index contributed by atoms with van der Waals surface area (Å²) in [6.07, 6.45) is 3.00. The molecular weight excluding hydrogens is 249 g/mol. The number of hydrogen-bond acceptors (Lipinski definition) is 3. The number of nitrogens with one attached hydrogen (secondary N) is 1. The number of carbonyl (C=O) groups excluding carboxylic acids is 1. The lowest BCUT2D eigenvalue weighted by Gasteiger charge is -2.18. The summed E-state index contributed by atoms with van der Waals surface area (Å²) in [7, 11) is 0. The first-order valence-electron chi connectivity index (χ1n) is 6.49. The molecule has 3 N–H and O–H groups in total. The van der Waals surface area contributed by atoms with Crippen LogP contribution in [-0.4, -0.2) is 29.3 Å². The number of phenolic OH excluding ortho intramolecular Hbond substituents is 1. The van der Waals surface area contributed by atoms with E-state index in [1.165, 1.54) is 0 Å². The van der Waals surface area contributed by atoms with Crippen LogP contribution in [0.4, 0.5) is 4.39 Å². The molecule has 1 saturated carbocycles. The van der Waals surface area contributed by atoms with Gasteiger partial charge in [-0.05, 0) is 42.9 Å². The molecule has 5 heteroatoms. The Balaban J connectivity index is 1.96. The molecule has 2 rings (SSSR count). The molecule has 0 aromatic heterocycles. The molecule has 1 aromatic rings. The average molecular weight is 267 g/mol. The zero-order chi connectivity index (χ0) is 13.8. The van der Waals surface area contributed by atoms with Crippen LogP contribution in [0, 0.1) is 17.7 Å². The topological polar surface area (TPSA) is 69.6 Å². The number of rotatable bonds is 4. The van der Waals surface area contributed by atoms with Crippen molar-refractivity contribution in [1.82, 2.24) is 5.32 Å². The van der Waals surface area contributed by atoms with Gasteiger partial charge in [0.05, 0.1) is 5.56 Å². The predicted molar refractivity (Wildman–Crippen MR) is 68.3 cm³/mol. The fourth-order valence-electron chi connectivity index (χ4n) is 2.63. The summed E-state index contributed by atoms with van der Waals surface area (Å²) in [4.78, 5) is 11.9. The van der Waals surface area contributed by atoms with E-state index in [4.69, 9.17) is 0 Å². The summed E-state index contributed by atoms with van der Waals surface area (Å²) < 4.78 is 13.0. The van der Waals surface area contributed by atoms with E-state index in [0.29, 0.717) is 6.54 Å². The van der Waals surface area contributed by atoms with Gasteiger partial charge in [0, 0.05) is 13.2 Å². The zero-order valence-corrected chi connectivity index (χ0v) is 10.6. The van der Waals surface area contributed by atoms with Crippen molar-refractivity contribution in [3.05, 3.63) is 29.6 Å². The Bertz CT molecular complexity index is 464. The standard InChI is InChI=1S/C14H18FNO3/c15-11-4-5-13(18)12(6-11)14(19)16-7-9-2-1-3-10(9)8-17/h4-6,9-10,17-18H,1-3,7-8H2,(H,16,19). The van der Waals surface area contributed by atoms with Crippen molar-refractivity contribution in [2.45, 2.75) is 19.3 Å². The van der Waals surface area contributed by atoms with E-state index >= 15 is 0 Å². The monoisotopic (exact) mass is 267 g/mol. The van der Waals surface area contributed by atoms with E-state index in [2.05, 4.69) is 5.32 Å². The molecule has 0 bridgehead atoms. The Labute approximate surface area is 111 Å². The van der Waals surface area contributed by atoms with Crippen LogP contribution in [0.15, 0.2) is 18.2 Å². The Morgan fingerprint density at radius 1 is 1.37 bits per heavy atom. The van der Waals surface area contributed by atoms with Gasteiger partial charge >= 0.3 is 0 Å². The van der Waals surface area contributed by atoms with Crippen molar-refractivity contribution in [3.8, 4) is 5.75 Å². The maximum Gasteiger partial charge on any atom is 0.255 e. The number of aromatic hydroxyl groups is 1. The number of amides is 1. The summed E-state index contributed by atoms with van der Waals surface area (Å²) in [5.41, 5.74) is -0.0569. The van der Waals surface area contributed by atoms with Crippen LogP contribution in [0.25, 0.3) is 0 Å². The molecular formula is C14H18FNO3. The highest BCUT2D eigenvalue weighted by Gasteiger charge is 2.27. The molecule has 19 heavy (non-hydrogen) atoms. The first kappa shape index (κ1) is 13.8. The van der Waals surface area contributed by atoms with Gasteiger partial charge in [-0.3, -0.25) is 4.79 Å². The number of phenols is 1. The van der Waals surface area contributed by atoms with Gasteiger partial charge in [0.1, 0.15) is 11.6 Å². The lowest BCUT2D eigenvalue weighted by Crippen LogP contribution is -2.31. The maximum absolute atomic E-state index is 13.0. The molecule has 1 aliphatic carbocycles. The quantitative estimate of drug-likeness (QED) is 0.777. The van der Waals surface area contributed by atoms with Crippen LogP contribution in [0.1, 0.15) is 29.6 Å². The lowest BCUT2D eigenvalue weighted by atomic mass is 9.97. The van der Waals surface area contributed by atoms with Gasteiger partial charge in [0.2, 0.25) is 0 Å². The van der Waals surface area contributed by atoms with E-state index in [1.807, 2.05) is 0 Å². The van der Waals surface area contributed by atoms with Crippen LogP contribution in [0.5, 0.6) is 5.75 Å². The van der Waals surface area contributed by atoms with Crippen LogP contribution >= 0.6 is 0 Å². The SMILES string of the molecule is O=C(NCC1CCCC1CO)c1cc(F)ccc1O. The minimum absolute atomic E-state index is 0.0569. The summed E-state index contributed by atoms with van der Waals surface area (Å²) >= 11 is 0. The normalized spacial score (nSPS) is 22.4. The number of aliphatic hydroxyl groups is 1. The van der Waals surface area contributed by atoms with Gasteiger partial charge < -0.3 is 15.5 Å². The second kappa shape index (κ2) is 6.02. The third-order valence-electron chi connectivity index (χ3n) is 3.78. The Kier molecular flexibility index (Phi) is 4.37. The molecule has 4 nitrogen and oxygen atoms in total. The fraction of sp³-hybridized carbons (Fsp3) is 0.500. The second-order valence-electron chi connectivity index (χ2n) is 5.01. The van der Waals surface area contributed by atoms with E-state index in [9.17, 15) is 19.4 Å². The van der Waals surface area contributed by atoms with E-state index < -0.39 is 11.7 Å². The average Bonchev–Trinajstić information content (AvgIpc) is 2.86. The van der Waals surface area contributed by atoms with Gasteiger partial charge in [-0.2, -0.15) is 0 Å². The Morgan fingerprint density at radius 2 is 2.11 bits per heavy atom. The molecule has 1 amide bonds. The number of benzene rings is 1.